The second-order valence-electron chi connectivity index (χ2n) is 4.94. The summed E-state index contributed by atoms with van der Waals surface area (Å²) in [6.45, 7) is 3.74. The molecule has 1 saturated heterocycles. The van der Waals surface area contributed by atoms with E-state index < -0.39 is 0 Å². The van der Waals surface area contributed by atoms with E-state index in [0.717, 1.165) is 11.4 Å². The maximum atomic E-state index is 12.0. The first-order valence-electron chi connectivity index (χ1n) is 6.65. The fourth-order valence-electron chi connectivity index (χ4n) is 2.07. The van der Waals surface area contributed by atoms with Gasteiger partial charge in [-0.1, -0.05) is 11.6 Å². The number of hydrogen-bond acceptors (Lipinski definition) is 4. The molecular formula is C14H20Cl2N2O2S. The van der Waals surface area contributed by atoms with Crippen molar-refractivity contribution in [3.05, 3.63) is 29.3 Å². The van der Waals surface area contributed by atoms with Gasteiger partial charge in [0.15, 0.2) is 0 Å². The fourth-order valence-corrected chi connectivity index (χ4v) is 3.09. The lowest BCUT2D eigenvalue weighted by atomic mass is 10.1. The van der Waals surface area contributed by atoms with Crippen LogP contribution < -0.4 is 10.6 Å². The standard InChI is InChI=1S/C14H19ClN2O2S.ClH/c1-9(20-12-4-2-11(15)3-5-12)14(19)17-7-10-6-16-8-13(10)18;/h2-5,9-10,13,16,18H,6-8H2,1H3,(H,17,19);1H. The molecule has 1 aliphatic heterocycles. The number of halogens is 2. The largest absolute Gasteiger partial charge is 0.391 e. The molecule has 7 heteroatoms. The van der Waals surface area contributed by atoms with Gasteiger partial charge in [-0.2, -0.15) is 0 Å². The highest BCUT2D eigenvalue weighted by molar-refractivity contribution is 8.00. The van der Waals surface area contributed by atoms with Crippen molar-refractivity contribution >= 4 is 41.7 Å². The van der Waals surface area contributed by atoms with Crippen molar-refractivity contribution in [2.24, 2.45) is 5.92 Å². The predicted octanol–water partition coefficient (Wildman–Crippen LogP) is 1.94. The molecule has 1 heterocycles. The average molecular weight is 351 g/mol. The second-order valence-corrected chi connectivity index (χ2v) is 6.80. The number of aliphatic hydroxyl groups is 1. The number of amides is 1. The quantitative estimate of drug-likeness (QED) is 0.710. The molecule has 0 bridgehead atoms. The number of aliphatic hydroxyl groups excluding tert-OH is 1. The molecule has 0 spiro atoms. The fraction of sp³-hybridized carbons (Fsp3) is 0.500. The Hall–Kier alpha value is -0.460. The van der Waals surface area contributed by atoms with Gasteiger partial charge in [-0.15, -0.1) is 24.2 Å². The predicted molar refractivity (Wildman–Crippen MR) is 89.4 cm³/mol. The molecule has 4 nitrogen and oxygen atoms in total. The zero-order valence-electron chi connectivity index (χ0n) is 11.7. The minimum atomic E-state index is -0.366. The van der Waals surface area contributed by atoms with E-state index in [0.29, 0.717) is 18.1 Å². The smallest absolute Gasteiger partial charge is 0.233 e. The lowest BCUT2D eigenvalue weighted by Crippen LogP contribution is -2.38. The Morgan fingerprint density at radius 3 is 2.71 bits per heavy atom. The van der Waals surface area contributed by atoms with Crippen molar-refractivity contribution < 1.29 is 9.90 Å². The number of carbonyl (C=O) groups is 1. The van der Waals surface area contributed by atoms with Crippen molar-refractivity contribution in [3.63, 3.8) is 0 Å². The number of thioether (sulfide) groups is 1. The summed E-state index contributed by atoms with van der Waals surface area (Å²) >= 11 is 7.32. The molecular weight excluding hydrogens is 331 g/mol. The van der Waals surface area contributed by atoms with Crippen molar-refractivity contribution in [1.29, 1.82) is 0 Å². The van der Waals surface area contributed by atoms with Crippen molar-refractivity contribution in [1.82, 2.24) is 10.6 Å². The average Bonchev–Trinajstić information content (AvgIpc) is 2.84. The molecule has 0 aliphatic carbocycles. The van der Waals surface area contributed by atoms with E-state index in [-0.39, 0.29) is 35.6 Å². The molecule has 1 amide bonds. The normalized spacial score (nSPS) is 22.4. The lowest BCUT2D eigenvalue weighted by molar-refractivity contribution is -0.120. The van der Waals surface area contributed by atoms with Crippen molar-refractivity contribution in [2.75, 3.05) is 19.6 Å². The molecule has 1 fully saturated rings. The van der Waals surface area contributed by atoms with Crippen LogP contribution >= 0.6 is 35.8 Å². The number of hydrogen-bond donors (Lipinski definition) is 3. The zero-order chi connectivity index (χ0) is 14.5. The molecule has 21 heavy (non-hydrogen) atoms. The number of carbonyl (C=O) groups excluding carboxylic acids is 1. The summed E-state index contributed by atoms with van der Waals surface area (Å²) in [6.07, 6.45) is -0.366. The van der Waals surface area contributed by atoms with Gasteiger partial charge < -0.3 is 15.7 Å². The van der Waals surface area contributed by atoms with E-state index in [9.17, 15) is 9.90 Å². The number of benzene rings is 1. The van der Waals surface area contributed by atoms with Gasteiger partial charge >= 0.3 is 0 Å². The van der Waals surface area contributed by atoms with E-state index in [1.807, 2.05) is 31.2 Å². The molecule has 0 saturated carbocycles. The maximum Gasteiger partial charge on any atom is 0.233 e. The van der Waals surface area contributed by atoms with Crippen LogP contribution in [-0.2, 0) is 4.79 Å². The number of β-amino-alcohol motifs (C(OH)–C–C–N with tert-alkyl or cyclic N) is 1. The van der Waals surface area contributed by atoms with Crippen LogP contribution in [0.2, 0.25) is 5.02 Å². The Bertz CT molecular complexity index is 459. The van der Waals surface area contributed by atoms with Gasteiger partial charge in [-0.3, -0.25) is 4.79 Å². The summed E-state index contributed by atoms with van der Waals surface area (Å²) in [7, 11) is 0. The molecule has 0 aromatic heterocycles. The van der Waals surface area contributed by atoms with Crippen molar-refractivity contribution in [3.8, 4) is 0 Å². The maximum absolute atomic E-state index is 12.0. The molecule has 1 aliphatic rings. The third-order valence-electron chi connectivity index (χ3n) is 3.34. The molecule has 1 aromatic carbocycles. The van der Waals surface area contributed by atoms with E-state index >= 15 is 0 Å². The number of rotatable bonds is 5. The summed E-state index contributed by atoms with van der Waals surface area (Å²) in [6, 6.07) is 7.44. The Labute approximate surface area is 140 Å². The minimum absolute atomic E-state index is 0. The van der Waals surface area contributed by atoms with Gasteiger partial charge in [0.1, 0.15) is 0 Å². The summed E-state index contributed by atoms with van der Waals surface area (Å²) in [4.78, 5) is 13.0. The molecule has 118 valence electrons. The first-order valence-corrected chi connectivity index (χ1v) is 7.90. The third kappa shape index (κ3) is 5.68. The summed E-state index contributed by atoms with van der Waals surface area (Å²) in [5.74, 6) is 0.0933. The van der Waals surface area contributed by atoms with Gasteiger partial charge in [0.05, 0.1) is 11.4 Å². The Kier molecular flexibility index (Phi) is 7.84. The van der Waals surface area contributed by atoms with E-state index in [1.54, 1.807) is 0 Å². The lowest BCUT2D eigenvalue weighted by Gasteiger charge is -2.16. The third-order valence-corrected chi connectivity index (χ3v) is 4.70. The highest BCUT2D eigenvalue weighted by Crippen LogP contribution is 2.24. The SMILES string of the molecule is CC(Sc1ccc(Cl)cc1)C(=O)NCC1CNCC1O.Cl. The molecule has 3 atom stereocenters. The first kappa shape index (κ1) is 18.6. The van der Waals surface area contributed by atoms with Crippen LogP contribution in [-0.4, -0.2) is 42.0 Å². The van der Waals surface area contributed by atoms with Crippen molar-refractivity contribution in [2.45, 2.75) is 23.2 Å². The topological polar surface area (TPSA) is 61.4 Å². The van der Waals surface area contributed by atoms with E-state index in [2.05, 4.69) is 10.6 Å². The van der Waals surface area contributed by atoms with Crippen LogP contribution in [0, 0.1) is 5.92 Å². The van der Waals surface area contributed by atoms with Gasteiger partial charge in [-0.05, 0) is 31.2 Å². The Morgan fingerprint density at radius 1 is 1.48 bits per heavy atom. The van der Waals surface area contributed by atoms with Crippen LogP contribution in [0.1, 0.15) is 6.92 Å². The summed E-state index contributed by atoms with van der Waals surface area (Å²) < 4.78 is 0. The van der Waals surface area contributed by atoms with Crippen LogP contribution in [0.15, 0.2) is 29.2 Å². The van der Waals surface area contributed by atoms with Crippen LogP contribution in [0.4, 0.5) is 0 Å². The molecule has 1 aromatic rings. The van der Waals surface area contributed by atoms with Crippen LogP contribution in [0.25, 0.3) is 0 Å². The highest BCUT2D eigenvalue weighted by Gasteiger charge is 2.25. The van der Waals surface area contributed by atoms with Crippen LogP contribution in [0.3, 0.4) is 0 Å². The van der Waals surface area contributed by atoms with Crippen LogP contribution in [0.5, 0.6) is 0 Å². The minimum Gasteiger partial charge on any atom is -0.391 e. The van der Waals surface area contributed by atoms with E-state index in [4.69, 9.17) is 11.6 Å². The monoisotopic (exact) mass is 350 g/mol. The summed E-state index contributed by atoms with van der Waals surface area (Å²) in [5, 5.41) is 16.2. The zero-order valence-corrected chi connectivity index (χ0v) is 14.1. The Morgan fingerprint density at radius 2 is 2.14 bits per heavy atom. The highest BCUT2D eigenvalue weighted by atomic mass is 35.5. The molecule has 0 radical (unpaired) electrons. The van der Waals surface area contributed by atoms with Gasteiger partial charge in [-0.25, -0.2) is 0 Å². The number of nitrogens with one attached hydrogen (secondary N) is 2. The van der Waals surface area contributed by atoms with Gasteiger partial charge in [0.25, 0.3) is 0 Å². The molecule has 2 rings (SSSR count). The molecule has 3 N–H and O–H groups in total. The van der Waals surface area contributed by atoms with Gasteiger partial charge in [0.2, 0.25) is 5.91 Å². The van der Waals surface area contributed by atoms with E-state index in [1.165, 1.54) is 11.8 Å². The second kappa shape index (κ2) is 8.86. The summed E-state index contributed by atoms with van der Waals surface area (Å²) in [5.41, 5.74) is 0. The first-order chi connectivity index (χ1) is 9.56. The van der Waals surface area contributed by atoms with Gasteiger partial charge in [0, 0.05) is 35.5 Å². The Balaban J connectivity index is 0.00000220. The molecule has 3 unspecified atom stereocenters.